The SMILES string of the molecule is O=CCCCCCCCO.OC1CCCCCCCO1. The van der Waals surface area contributed by atoms with E-state index in [1.807, 2.05) is 0 Å². The van der Waals surface area contributed by atoms with Crippen LogP contribution in [0.5, 0.6) is 0 Å². The molecular weight excluding hydrogens is 256 g/mol. The molecule has 1 aliphatic heterocycles. The minimum absolute atomic E-state index is 0.299. The molecule has 4 nitrogen and oxygen atoms in total. The van der Waals surface area contributed by atoms with E-state index >= 15 is 0 Å². The van der Waals surface area contributed by atoms with E-state index in [2.05, 4.69) is 0 Å². The normalized spacial score (nSPS) is 20.0. The summed E-state index contributed by atoms with van der Waals surface area (Å²) in [6.45, 7) is 1.04. The van der Waals surface area contributed by atoms with Gasteiger partial charge < -0.3 is 19.7 Å². The Kier molecular flexibility index (Phi) is 16.2. The number of aliphatic hydroxyl groups is 2. The van der Waals surface area contributed by atoms with Crippen LogP contribution in [0.4, 0.5) is 0 Å². The fourth-order valence-corrected chi connectivity index (χ4v) is 2.12. The van der Waals surface area contributed by atoms with Gasteiger partial charge >= 0.3 is 0 Å². The van der Waals surface area contributed by atoms with E-state index in [0.29, 0.717) is 13.0 Å². The van der Waals surface area contributed by atoms with Gasteiger partial charge in [-0.3, -0.25) is 0 Å². The van der Waals surface area contributed by atoms with Crippen molar-refractivity contribution in [1.29, 1.82) is 0 Å². The predicted octanol–water partition coefficient (Wildman–Crippen LogP) is 3.19. The fourth-order valence-electron chi connectivity index (χ4n) is 2.12. The summed E-state index contributed by atoms with van der Waals surface area (Å²) in [4.78, 5) is 9.85. The first-order chi connectivity index (χ1) is 9.81. The van der Waals surface area contributed by atoms with Crippen LogP contribution in [0.1, 0.15) is 77.0 Å². The van der Waals surface area contributed by atoms with Crippen LogP contribution in [0.2, 0.25) is 0 Å². The number of carbonyl (C=O) groups excluding carboxylic acids is 1. The number of carbonyl (C=O) groups is 1. The lowest BCUT2D eigenvalue weighted by molar-refractivity contribution is -0.108. The molecule has 0 aromatic rings. The monoisotopic (exact) mass is 288 g/mol. The Labute approximate surface area is 123 Å². The van der Waals surface area contributed by atoms with Gasteiger partial charge in [-0.15, -0.1) is 0 Å². The second-order valence-electron chi connectivity index (χ2n) is 5.33. The summed E-state index contributed by atoms with van der Waals surface area (Å²) in [5.41, 5.74) is 0. The second kappa shape index (κ2) is 16.6. The van der Waals surface area contributed by atoms with Crippen molar-refractivity contribution in [1.82, 2.24) is 0 Å². The second-order valence-corrected chi connectivity index (χ2v) is 5.33. The Bertz CT molecular complexity index is 187. The number of hydrogen-bond acceptors (Lipinski definition) is 4. The van der Waals surface area contributed by atoms with Gasteiger partial charge in [0.25, 0.3) is 0 Å². The summed E-state index contributed by atoms with van der Waals surface area (Å²) < 4.78 is 5.12. The van der Waals surface area contributed by atoms with Gasteiger partial charge in [-0.25, -0.2) is 0 Å². The first-order valence-corrected chi connectivity index (χ1v) is 8.15. The molecule has 1 atom stereocenters. The zero-order valence-electron chi connectivity index (χ0n) is 12.8. The maximum atomic E-state index is 9.85. The molecule has 1 aliphatic rings. The minimum atomic E-state index is -0.488. The van der Waals surface area contributed by atoms with Crippen LogP contribution in [0, 0.1) is 0 Å². The number of aldehydes is 1. The molecule has 0 saturated carbocycles. The fraction of sp³-hybridized carbons (Fsp3) is 0.938. The van der Waals surface area contributed by atoms with Crippen LogP contribution in [-0.4, -0.2) is 36.0 Å². The van der Waals surface area contributed by atoms with E-state index < -0.39 is 6.29 Å². The van der Waals surface area contributed by atoms with Gasteiger partial charge in [0.05, 0.1) is 0 Å². The third kappa shape index (κ3) is 15.6. The van der Waals surface area contributed by atoms with E-state index in [9.17, 15) is 4.79 Å². The van der Waals surface area contributed by atoms with Gasteiger partial charge in [-0.1, -0.05) is 38.5 Å². The minimum Gasteiger partial charge on any atom is -0.396 e. The maximum absolute atomic E-state index is 9.85. The molecule has 2 N–H and O–H groups in total. The van der Waals surface area contributed by atoms with Gasteiger partial charge in [0.1, 0.15) is 6.29 Å². The lowest BCUT2D eigenvalue weighted by Crippen LogP contribution is -2.11. The van der Waals surface area contributed by atoms with Gasteiger partial charge in [-0.2, -0.15) is 0 Å². The van der Waals surface area contributed by atoms with Crippen LogP contribution in [-0.2, 0) is 9.53 Å². The summed E-state index contributed by atoms with van der Waals surface area (Å²) in [5, 5.41) is 17.5. The first-order valence-electron chi connectivity index (χ1n) is 8.15. The van der Waals surface area contributed by atoms with Crippen molar-refractivity contribution in [2.45, 2.75) is 83.3 Å². The Hall–Kier alpha value is -0.450. The van der Waals surface area contributed by atoms with Gasteiger partial charge in [0.2, 0.25) is 0 Å². The average molecular weight is 288 g/mol. The molecule has 1 rings (SSSR count). The molecule has 1 fully saturated rings. The molecule has 1 unspecified atom stereocenters. The van der Waals surface area contributed by atoms with E-state index in [1.54, 1.807) is 0 Å². The van der Waals surface area contributed by atoms with Gasteiger partial charge in [-0.05, 0) is 32.1 Å². The molecule has 0 aliphatic carbocycles. The van der Waals surface area contributed by atoms with Crippen LogP contribution in [0.25, 0.3) is 0 Å². The molecule has 0 radical (unpaired) electrons. The van der Waals surface area contributed by atoms with Crippen LogP contribution < -0.4 is 0 Å². The third-order valence-electron chi connectivity index (χ3n) is 3.39. The predicted molar refractivity (Wildman–Crippen MR) is 80.5 cm³/mol. The highest BCUT2D eigenvalue weighted by molar-refractivity contribution is 5.48. The van der Waals surface area contributed by atoms with Crippen molar-refractivity contribution in [3.8, 4) is 0 Å². The largest absolute Gasteiger partial charge is 0.396 e. The molecule has 4 heteroatoms. The standard InChI is InChI=1S/2C8H16O2/c9-8-6-4-2-1-3-5-7-10-8;9-7-5-3-1-2-4-6-8-10/h8-9H,1-7H2;7,10H,1-6,8H2. The molecule has 1 saturated heterocycles. The molecule has 120 valence electrons. The van der Waals surface area contributed by atoms with Gasteiger partial charge in [0.15, 0.2) is 6.29 Å². The maximum Gasteiger partial charge on any atom is 0.154 e. The summed E-state index contributed by atoms with van der Waals surface area (Å²) in [7, 11) is 0. The number of aliphatic hydroxyl groups excluding tert-OH is 2. The highest BCUT2D eigenvalue weighted by atomic mass is 16.6. The lowest BCUT2D eigenvalue weighted by Gasteiger charge is -2.08. The molecule has 1 heterocycles. The number of rotatable bonds is 7. The summed E-state index contributed by atoms with van der Waals surface area (Å²) in [5.74, 6) is 0. The van der Waals surface area contributed by atoms with Crippen molar-refractivity contribution in [2.24, 2.45) is 0 Å². The van der Waals surface area contributed by atoms with E-state index in [4.69, 9.17) is 14.9 Å². The van der Waals surface area contributed by atoms with Crippen molar-refractivity contribution >= 4 is 6.29 Å². The zero-order chi connectivity index (χ0) is 14.9. The number of hydrogen-bond donors (Lipinski definition) is 2. The number of unbranched alkanes of at least 4 members (excludes halogenated alkanes) is 5. The first kappa shape index (κ1) is 19.6. The van der Waals surface area contributed by atoms with E-state index in [-0.39, 0.29) is 0 Å². The van der Waals surface area contributed by atoms with Crippen molar-refractivity contribution in [3.05, 3.63) is 0 Å². The van der Waals surface area contributed by atoms with Crippen molar-refractivity contribution in [2.75, 3.05) is 13.2 Å². The van der Waals surface area contributed by atoms with Crippen molar-refractivity contribution < 1.29 is 19.7 Å². The quantitative estimate of drug-likeness (QED) is 0.557. The molecule has 0 aromatic heterocycles. The van der Waals surface area contributed by atoms with Crippen LogP contribution in [0.15, 0.2) is 0 Å². The Morgan fingerprint density at radius 2 is 1.60 bits per heavy atom. The van der Waals surface area contributed by atoms with Crippen molar-refractivity contribution in [3.63, 3.8) is 0 Å². The Balaban J connectivity index is 0.000000361. The molecule has 0 spiro atoms. The average Bonchev–Trinajstić information content (AvgIpc) is 2.57. The summed E-state index contributed by atoms with van der Waals surface area (Å²) in [6, 6.07) is 0. The molecule has 0 amide bonds. The highest BCUT2D eigenvalue weighted by Gasteiger charge is 2.05. The molecular formula is C16H32O4. The van der Waals surface area contributed by atoms with Crippen LogP contribution in [0.3, 0.4) is 0 Å². The zero-order valence-corrected chi connectivity index (χ0v) is 12.8. The highest BCUT2D eigenvalue weighted by Crippen LogP contribution is 2.11. The van der Waals surface area contributed by atoms with E-state index in [0.717, 1.165) is 64.3 Å². The third-order valence-corrected chi connectivity index (χ3v) is 3.39. The lowest BCUT2D eigenvalue weighted by atomic mass is 10.1. The Morgan fingerprint density at radius 1 is 0.950 bits per heavy atom. The van der Waals surface area contributed by atoms with E-state index in [1.165, 1.54) is 19.3 Å². The number of ether oxygens (including phenoxy) is 1. The summed E-state index contributed by atoms with van der Waals surface area (Å²) >= 11 is 0. The molecule has 20 heavy (non-hydrogen) atoms. The smallest absolute Gasteiger partial charge is 0.154 e. The van der Waals surface area contributed by atoms with Gasteiger partial charge in [0, 0.05) is 19.6 Å². The topological polar surface area (TPSA) is 66.8 Å². The Morgan fingerprint density at radius 3 is 2.35 bits per heavy atom. The van der Waals surface area contributed by atoms with Crippen LogP contribution >= 0.6 is 0 Å². The molecule has 0 bridgehead atoms. The molecule has 0 aromatic carbocycles. The summed E-state index contributed by atoms with van der Waals surface area (Å²) in [6.07, 6.45) is 13.3.